The number of hydrogen-bond acceptors (Lipinski definition) is 9. The van der Waals surface area contributed by atoms with Crippen molar-refractivity contribution in [2.24, 2.45) is 0 Å². The normalized spacial score (nSPS) is 18.5. The third-order valence-electron chi connectivity index (χ3n) is 7.10. The standard InChI is InChI=1S/C25H32N6O3S2/c1-18-5-10-23-20(16-18)4-3-11-31(23)19(2)24(32)30-14-12-29(13-15-30)21-6-8-22(9-7-21)36(33,34)28-25-26-17-27-35-25/h5-10,16-17,19,24,32H,3-4,11-15H2,1-2H3,(H,26,27,28)/t19-,24?/m1/s1. The number of nitrogens with zero attached hydrogens (tertiary/aromatic N) is 5. The SMILES string of the molecule is Cc1ccc2c(c1)CCCN2[C@H](C)C(O)N1CCN(c2ccc(S(=O)(=O)Nc3ncns3)cc2)CC1. The lowest BCUT2D eigenvalue weighted by Gasteiger charge is -2.44. The number of rotatable bonds is 7. The zero-order valence-corrected chi connectivity index (χ0v) is 22.2. The lowest BCUT2D eigenvalue weighted by Crippen LogP contribution is -2.57. The molecule has 1 aromatic heterocycles. The molecule has 36 heavy (non-hydrogen) atoms. The lowest BCUT2D eigenvalue weighted by molar-refractivity contribution is -0.0161. The summed E-state index contributed by atoms with van der Waals surface area (Å²) in [5, 5.41) is 11.5. The second-order valence-electron chi connectivity index (χ2n) is 9.45. The van der Waals surface area contributed by atoms with Crippen molar-refractivity contribution >= 4 is 38.1 Å². The van der Waals surface area contributed by atoms with Crippen molar-refractivity contribution in [3.63, 3.8) is 0 Å². The summed E-state index contributed by atoms with van der Waals surface area (Å²) >= 11 is 0.993. The van der Waals surface area contributed by atoms with Gasteiger partial charge in [-0.15, -0.1) is 0 Å². The van der Waals surface area contributed by atoms with Gasteiger partial charge in [-0.1, -0.05) is 17.7 Å². The van der Waals surface area contributed by atoms with Gasteiger partial charge in [0.2, 0.25) is 5.13 Å². The van der Waals surface area contributed by atoms with Gasteiger partial charge < -0.3 is 14.9 Å². The first-order valence-electron chi connectivity index (χ1n) is 12.2. The van der Waals surface area contributed by atoms with E-state index in [0.29, 0.717) is 0 Å². The molecule has 2 aromatic carbocycles. The van der Waals surface area contributed by atoms with Crippen LogP contribution in [0.4, 0.5) is 16.5 Å². The second-order valence-corrected chi connectivity index (χ2v) is 11.9. The van der Waals surface area contributed by atoms with E-state index in [1.54, 1.807) is 12.1 Å². The van der Waals surface area contributed by atoms with E-state index in [0.717, 1.165) is 62.8 Å². The van der Waals surface area contributed by atoms with Gasteiger partial charge in [-0.05, 0) is 62.6 Å². The molecule has 0 amide bonds. The van der Waals surface area contributed by atoms with E-state index in [4.69, 9.17) is 0 Å². The molecule has 192 valence electrons. The van der Waals surface area contributed by atoms with E-state index in [-0.39, 0.29) is 16.1 Å². The Bertz CT molecular complexity index is 1280. The van der Waals surface area contributed by atoms with E-state index >= 15 is 0 Å². The predicted octanol–water partition coefficient (Wildman–Crippen LogP) is 2.93. The van der Waals surface area contributed by atoms with Crippen LogP contribution in [0.25, 0.3) is 0 Å². The van der Waals surface area contributed by atoms with Crippen molar-refractivity contribution in [2.75, 3.05) is 47.2 Å². The lowest BCUT2D eigenvalue weighted by atomic mass is 9.98. The molecular formula is C25H32N6O3S2. The third-order valence-corrected chi connectivity index (χ3v) is 9.16. The summed E-state index contributed by atoms with van der Waals surface area (Å²) < 4.78 is 31.4. The Balaban J connectivity index is 1.19. The highest BCUT2D eigenvalue weighted by atomic mass is 32.2. The zero-order valence-electron chi connectivity index (χ0n) is 20.5. The number of aliphatic hydroxyl groups is 1. The van der Waals surface area contributed by atoms with Crippen molar-refractivity contribution in [1.82, 2.24) is 14.3 Å². The van der Waals surface area contributed by atoms with E-state index in [9.17, 15) is 13.5 Å². The average molecular weight is 529 g/mol. The van der Waals surface area contributed by atoms with Crippen molar-refractivity contribution in [1.29, 1.82) is 0 Å². The van der Waals surface area contributed by atoms with E-state index in [2.05, 4.69) is 60.8 Å². The number of piperazine rings is 1. The van der Waals surface area contributed by atoms with Crippen LogP contribution in [0.5, 0.6) is 0 Å². The Morgan fingerprint density at radius 1 is 1.06 bits per heavy atom. The van der Waals surface area contributed by atoms with Gasteiger partial charge in [0.1, 0.15) is 12.6 Å². The molecule has 2 aliphatic rings. The monoisotopic (exact) mass is 528 g/mol. The fourth-order valence-corrected chi connectivity index (χ4v) is 6.78. The highest BCUT2D eigenvalue weighted by Crippen LogP contribution is 2.31. The van der Waals surface area contributed by atoms with Gasteiger partial charge in [0.15, 0.2) is 0 Å². The van der Waals surface area contributed by atoms with Crippen LogP contribution in [0.15, 0.2) is 53.7 Å². The second kappa shape index (κ2) is 10.3. The topological polar surface area (TPSA) is 102 Å². The van der Waals surface area contributed by atoms with Crippen molar-refractivity contribution in [3.05, 3.63) is 59.9 Å². The molecule has 0 radical (unpaired) electrons. The molecule has 3 aromatic rings. The molecule has 0 spiro atoms. The summed E-state index contributed by atoms with van der Waals surface area (Å²) in [5.41, 5.74) is 4.85. The molecule has 1 unspecified atom stereocenters. The summed E-state index contributed by atoms with van der Waals surface area (Å²) in [7, 11) is -3.70. The predicted molar refractivity (Wildman–Crippen MR) is 143 cm³/mol. The molecule has 1 fully saturated rings. The molecule has 0 bridgehead atoms. The number of aromatic nitrogens is 2. The van der Waals surface area contributed by atoms with Crippen LogP contribution in [0.1, 0.15) is 24.5 Å². The number of anilines is 3. The molecular weight excluding hydrogens is 496 g/mol. The van der Waals surface area contributed by atoms with Crippen LogP contribution in [-0.2, 0) is 16.4 Å². The van der Waals surface area contributed by atoms with Gasteiger partial charge in [0.05, 0.1) is 10.9 Å². The van der Waals surface area contributed by atoms with Gasteiger partial charge in [-0.3, -0.25) is 9.62 Å². The first kappa shape index (κ1) is 24.9. The van der Waals surface area contributed by atoms with Crippen molar-refractivity contribution < 1.29 is 13.5 Å². The molecule has 2 N–H and O–H groups in total. The van der Waals surface area contributed by atoms with Crippen LogP contribution < -0.4 is 14.5 Å². The molecule has 5 rings (SSSR count). The van der Waals surface area contributed by atoms with Gasteiger partial charge in [0.25, 0.3) is 10.0 Å². The van der Waals surface area contributed by atoms with Gasteiger partial charge in [0, 0.05) is 55.6 Å². The summed E-state index contributed by atoms with van der Waals surface area (Å²) in [6, 6.07) is 13.5. The minimum atomic E-state index is -3.70. The maximum Gasteiger partial charge on any atom is 0.263 e. The minimum absolute atomic E-state index is 0.0108. The summed E-state index contributed by atoms with van der Waals surface area (Å²) in [5.74, 6) is 0. The first-order valence-corrected chi connectivity index (χ1v) is 14.5. The fourth-order valence-electron chi connectivity index (χ4n) is 5.12. The summed E-state index contributed by atoms with van der Waals surface area (Å²) in [6.45, 7) is 8.18. The highest BCUT2D eigenvalue weighted by Gasteiger charge is 2.31. The molecule has 1 saturated heterocycles. The molecule has 0 aliphatic carbocycles. The number of nitrogens with one attached hydrogen (secondary N) is 1. The average Bonchev–Trinajstić information content (AvgIpc) is 3.40. The van der Waals surface area contributed by atoms with Crippen molar-refractivity contribution in [3.8, 4) is 0 Å². The largest absolute Gasteiger partial charge is 0.376 e. The number of benzene rings is 2. The van der Waals surface area contributed by atoms with Gasteiger partial charge in [-0.2, -0.15) is 4.37 Å². The van der Waals surface area contributed by atoms with E-state index in [1.165, 1.54) is 23.1 Å². The van der Waals surface area contributed by atoms with Crippen LogP contribution in [0.2, 0.25) is 0 Å². The van der Waals surface area contributed by atoms with Crippen LogP contribution >= 0.6 is 11.5 Å². The number of aryl methyl sites for hydroxylation is 2. The molecule has 9 nitrogen and oxygen atoms in total. The van der Waals surface area contributed by atoms with E-state index in [1.807, 2.05) is 12.1 Å². The van der Waals surface area contributed by atoms with Crippen molar-refractivity contribution in [2.45, 2.75) is 43.9 Å². The minimum Gasteiger partial charge on any atom is -0.376 e. The van der Waals surface area contributed by atoms with Crippen LogP contribution in [-0.4, -0.2) is 72.8 Å². The van der Waals surface area contributed by atoms with Crippen LogP contribution in [0, 0.1) is 6.92 Å². The smallest absolute Gasteiger partial charge is 0.263 e. The maximum absolute atomic E-state index is 12.6. The fraction of sp³-hybridized carbons (Fsp3) is 0.440. The molecule has 0 saturated carbocycles. The molecule has 2 aliphatic heterocycles. The number of fused-ring (bicyclic) bond motifs is 1. The summed E-state index contributed by atoms with van der Waals surface area (Å²) in [6.07, 6.45) is 2.95. The zero-order chi connectivity index (χ0) is 25.3. The van der Waals surface area contributed by atoms with E-state index < -0.39 is 16.3 Å². The third kappa shape index (κ3) is 5.19. The number of aliphatic hydroxyl groups excluding tert-OH is 1. The molecule has 2 atom stereocenters. The Morgan fingerprint density at radius 3 is 2.50 bits per heavy atom. The Kier molecular flexibility index (Phi) is 7.16. The molecule has 11 heteroatoms. The quantitative estimate of drug-likeness (QED) is 0.483. The molecule has 3 heterocycles. The number of hydrogen-bond donors (Lipinski definition) is 2. The first-order chi connectivity index (χ1) is 17.3. The highest BCUT2D eigenvalue weighted by molar-refractivity contribution is 7.93. The van der Waals surface area contributed by atoms with Crippen LogP contribution in [0.3, 0.4) is 0 Å². The number of sulfonamides is 1. The van der Waals surface area contributed by atoms with Gasteiger partial charge >= 0.3 is 0 Å². The maximum atomic E-state index is 12.6. The Labute approximate surface area is 216 Å². The van der Waals surface area contributed by atoms with Gasteiger partial charge in [-0.25, -0.2) is 13.4 Å². The Hall–Kier alpha value is -2.73. The Morgan fingerprint density at radius 2 is 1.81 bits per heavy atom. The summed E-state index contributed by atoms with van der Waals surface area (Å²) in [4.78, 5) is 10.8.